The summed E-state index contributed by atoms with van der Waals surface area (Å²) < 4.78 is 0. The van der Waals surface area contributed by atoms with E-state index in [4.69, 9.17) is 16.3 Å². The van der Waals surface area contributed by atoms with Crippen LogP contribution >= 0.6 is 0 Å². The van der Waals surface area contributed by atoms with Crippen molar-refractivity contribution in [2.24, 2.45) is 11.7 Å². The summed E-state index contributed by atoms with van der Waals surface area (Å²) in [5, 5.41) is 17.3. The van der Waals surface area contributed by atoms with Crippen molar-refractivity contribution in [3.8, 4) is 12.1 Å². The van der Waals surface area contributed by atoms with Gasteiger partial charge in [-0.05, 0) is 18.8 Å². The first-order chi connectivity index (χ1) is 8.03. The van der Waals surface area contributed by atoms with Gasteiger partial charge in [0.2, 0.25) is 5.91 Å². The van der Waals surface area contributed by atoms with E-state index in [-0.39, 0.29) is 19.0 Å². The van der Waals surface area contributed by atoms with Crippen LogP contribution in [0.3, 0.4) is 0 Å². The topological polar surface area (TPSA) is 93.9 Å². The van der Waals surface area contributed by atoms with Gasteiger partial charge in [-0.2, -0.15) is 10.5 Å². The van der Waals surface area contributed by atoms with Crippen LogP contribution in [-0.2, 0) is 4.79 Å². The second kappa shape index (κ2) is 5.65. The van der Waals surface area contributed by atoms with Crippen LogP contribution in [0.1, 0.15) is 32.6 Å². The Kier molecular flexibility index (Phi) is 4.48. The van der Waals surface area contributed by atoms with Crippen LogP contribution in [0.2, 0.25) is 0 Å². The van der Waals surface area contributed by atoms with Crippen LogP contribution in [0.15, 0.2) is 0 Å². The lowest BCUT2D eigenvalue weighted by Gasteiger charge is -2.37. The van der Waals surface area contributed by atoms with Gasteiger partial charge in [-0.15, -0.1) is 0 Å². The van der Waals surface area contributed by atoms with Crippen molar-refractivity contribution in [2.75, 3.05) is 13.1 Å². The van der Waals surface area contributed by atoms with E-state index in [9.17, 15) is 4.79 Å². The number of hydrogen-bond donors (Lipinski definition) is 1. The summed E-state index contributed by atoms with van der Waals surface area (Å²) in [7, 11) is 0. The monoisotopic (exact) mass is 234 g/mol. The van der Waals surface area contributed by atoms with Crippen LogP contribution in [0.5, 0.6) is 0 Å². The van der Waals surface area contributed by atoms with Gasteiger partial charge in [-0.3, -0.25) is 4.79 Å². The number of amides is 1. The molecule has 0 aromatic rings. The number of carbonyl (C=O) groups excluding carboxylic acids is 1. The predicted molar refractivity (Wildman–Crippen MR) is 62.4 cm³/mol. The van der Waals surface area contributed by atoms with Crippen molar-refractivity contribution in [1.82, 2.24) is 4.90 Å². The number of rotatable bonds is 3. The van der Waals surface area contributed by atoms with Crippen LogP contribution < -0.4 is 5.73 Å². The molecule has 0 heterocycles. The van der Waals surface area contributed by atoms with Gasteiger partial charge < -0.3 is 10.6 Å². The molecule has 0 aliphatic heterocycles. The maximum atomic E-state index is 12.2. The molecule has 5 heteroatoms. The molecule has 5 nitrogen and oxygen atoms in total. The third-order valence-electron chi connectivity index (χ3n) is 3.27. The average Bonchev–Trinajstić information content (AvgIpc) is 2.27. The summed E-state index contributed by atoms with van der Waals surface area (Å²) in [6.45, 7) is 1.94. The maximum absolute atomic E-state index is 12.2. The van der Waals surface area contributed by atoms with Crippen molar-refractivity contribution >= 4 is 5.91 Å². The van der Waals surface area contributed by atoms with E-state index in [1.165, 1.54) is 4.90 Å². The maximum Gasteiger partial charge on any atom is 0.244 e. The Labute approximate surface area is 102 Å². The van der Waals surface area contributed by atoms with Gasteiger partial charge in [-0.25, -0.2) is 0 Å². The zero-order valence-electron chi connectivity index (χ0n) is 10.1. The molecule has 1 rings (SSSR count). The second-order valence-corrected chi connectivity index (χ2v) is 4.84. The standard InChI is InChI=1S/C12H18N4O/c1-10-3-2-4-12(15,9-10)11(17)16(7-5-13)8-6-14/h10H,2-4,7-9,15H2,1H3. The zero-order chi connectivity index (χ0) is 12.9. The normalized spacial score (nSPS) is 27.9. The SMILES string of the molecule is CC1CCCC(N)(C(=O)N(CC#N)CC#N)C1. The summed E-state index contributed by atoms with van der Waals surface area (Å²) in [5.41, 5.74) is 5.26. The molecule has 1 aliphatic rings. The third-order valence-corrected chi connectivity index (χ3v) is 3.27. The molecule has 2 N–H and O–H groups in total. The van der Waals surface area contributed by atoms with E-state index in [0.29, 0.717) is 18.8 Å². The quantitative estimate of drug-likeness (QED) is 0.730. The predicted octanol–water partition coefficient (Wildman–Crippen LogP) is 0.770. The second-order valence-electron chi connectivity index (χ2n) is 4.84. The largest absolute Gasteiger partial charge is 0.317 e. The molecule has 17 heavy (non-hydrogen) atoms. The number of nitriles is 2. The Morgan fingerprint density at radius 1 is 1.47 bits per heavy atom. The van der Waals surface area contributed by atoms with Crippen LogP contribution in [0, 0.1) is 28.6 Å². The van der Waals surface area contributed by atoms with E-state index in [2.05, 4.69) is 6.92 Å². The molecule has 0 saturated heterocycles. The lowest BCUT2D eigenvalue weighted by atomic mass is 9.76. The van der Waals surface area contributed by atoms with Crippen molar-refractivity contribution in [1.29, 1.82) is 10.5 Å². The molecule has 0 aromatic heterocycles. The molecule has 92 valence electrons. The summed E-state index contributed by atoms with van der Waals surface area (Å²) in [6, 6.07) is 3.80. The molecule has 0 spiro atoms. The molecule has 2 atom stereocenters. The molecule has 2 unspecified atom stereocenters. The van der Waals surface area contributed by atoms with Crippen molar-refractivity contribution in [2.45, 2.75) is 38.1 Å². The molecular weight excluding hydrogens is 216 g/mol. The average molecular weight is 234 g/mol. The highest BCUT2D eigenvalue weighted by atomic mass is 16.2. The van der Waals surface area contributed by atoms with Crippen molar-refractivity contribution in [3.63, 3.8) is 0 Å². The molecule has 1 fully saturated rings. The first kappa shape index (κ1) is 13.5. The van der Waals surface area contributed by atoms with Gasteiger partial charge >= 0.3 is 0 Å². The first-order valence-corrected chi connectivity index (χ1v) is 5.85. The van der Waals surface area contributed by atoms with Crippen molar-refractivity contribution < 1.29 is 4.79 Å². The Bertz CT molecular complexity index is 352. The summed E-state index contributed by atoms with van der Waals surface area (Å²) >= 11 is 0. The van der Waals surface area contributed by atoms with E-state index < -0.39 is 5.54 Å². The van der Waals surface area contributed by atoms with Crippen molar-refractivity contribution in [3.05, 3.63) is 0 Å². The lowest BCUT2D eigenvalue weighted by Crippen LogP contribution is -2.57. The Morgan fingerprint density at radius 2 is 2.06 bits per heavy atom. The Hall–Kier alpha value is -1.59. The van der Waals surface area contributed by atoms with Gasteiger partial charge in [0.1, 0.15) is 13.1 Å². The van der Waals surface area contributed by atoms with Crippen LogP contribution in [0.4, 0.5) is 0 Å². The van der Waals surface area contributed by atoms with Gasteiger partial charge in [0.25, 0.3) is 0 Å². The van der Waals surface area contributed by atoms with Crippen LogP contribution in [-0.4, -0.2) is 29.4 Å². The molecule has 1 amide bonds. The summed E-state index contributed by atoms with van der Waals surface area (Å²) in [4.78, 5) is 13.5. The Morgan fingerprint density at radius 3 is 2.53 bits per heavy atom. The van der Waals surface area contributed by atoms with Gasteiger partial charge in [0, 0.05) is 0 Å². The van der Waals surface area contributed by atoms with E-state index in [0.717, 1.165) is 12.8 Å². The number of hydrogen-bond acceptors (Lipinski definition) is 4. The van der Waals surface area contributed by atoms with E-state index >= 15 is 0 Å². The highest BCUT2D eigenvalue weighted by Gasteiger charge is 2.40. The highest BCUT2D eigenvalue weighted by Crippen LogP contribution is 2.31. The Balaban J connectivity index is 2.78. The third kappa shape index (κ3) is 3.18. The first-order valence-electron chi connectivity index (χ1n) is 5.85. The smallest absolute Gasteiger partial charge is 0.244 e. The van der Waals surface area contributed by atoms with Gasteiger partial charge in [0.15, 0.2) is 0 Å². The summed E-state index contributed by atoms with van der Waals surface area (Å²) in [5.74, 6) is 0.163. The van der Waals surface area contributed by atoms with Gasteiger partial charge in [0.05, 0.1) is 17.7 Å². The number of nitrogens with zero attached hydrogens (tertiary/aromatic N) is 3. The minimum Gasteiger partial charge on any atom is -0.317 e. The minimum atomic E-state index is -0.884. The fraction of sp³-hybridized carbons (Fsp3) is 0.750. The number of nitrogens with two attached hydrogens (primary N) is 1. The fourth-order valence-corrected chi connectivity index (χ4v) is 2.47. The number of carbonyl (C=O) groups is 1. The van der Waals surface area contributed by atoms with E-state index in [1.807, 2.05) is 12.1 Å². The van der Waals surface area contributed by atoms with Gasteiger partial charge in [-0.1, -0.05) is 19.8 Å². The minimum absolute atomic E-state index is 0.0697. The lowest BCUT2D eigenvalue weighted by molar-refractivity contribution is -0.137. The molecule has 1 aliphatic carbocycles. The fourth-order valence-electron chi connectivity index (χ4n) is 2.47. The molecular formula is C12H18N4O. The zero-order valence-corrected chi connectivity index (χ0v) is 10.1. The molecule has 1 saturated carbocycles. The molecule has 0 bridgehead atoms. The highest BCUT2D eigenvalue weighted by molar-refractivity contribution is 5.86. The molecule has 0 radical (unpaired) electrons. The molecule has 0 aromatic carbocycles. The van der Waals surface area contributed by atoms with E-state index in [1.54, 1.807) is 0 Å². The van der Waals surface area contributed by atoms with Crippen LogP contribution in [0.25, 0.3) is 0 Å². The summed E-state index contributed by atoms with van der Waals surface area (Å²) in [6.07, 6.45) is 3.29.